The maximum absolute atomic E-state index is 13.4. The van der Waals surface area contributed by atoms with E-state index in [4.69, 9.17) is 0 Å². The molecule has 31 heavy (non-hydrogen) atoms. The van der Waals surface area contributed by atoms with E-state index < -0.39 is 5.92 Å². The molecule has 3 heterocycles. The van der Waals surface area contributed by atoms with Gasteiger partial charge in [0, 0.05) is 63.9 Å². The number of amides is 1. The van der Waals surface area contributed by atoms with Gasteiger partial charge >= 0.3 is 0 Å². The molecule has 2 saturated heterocycles. The van der Waals surface area contributed by atoms with Crippen molar-refractivity contribution < 1.29 is 18.0 Å². The molecule has 7 nitrogen and oxygen atoms in total. The van der Waals surface area contributed by atoms with Gasteiger partial charge in [-0.15, -0.1) is 0 Å². The van der Waals surface area contributed by atoms with Crippen LogP contribution in [0.4, 0.5) is 30.5 Å². The Morgan fingerprint density at radius 3 is 2.13 bits per heavy atom. The SMILES string of the molecule is O=C(CN1CCN(c2cc(N3CCC(F)(F)CC3)ncn2)CC1)Nc1ccc(F)cc1. The molecule has 1 N–H and O–H groups in total. The Bertz CT molecular complexity index is 892. The zero-order chi connectivity index (χ0) is 21.8. The summed E-state index contributed by atoms with van der Waals surface area (Å²) in [5, 5.41) is 2.77. The third kappa shape index (κ3) is 5.63. The average Bonchev–Trinajstić information content (AvgIpc) is 2.76. The van der Waals surface area contributed by atoms with E-state index in [0.29, 0.717) is 37.7 Å². The largest absolute Gasteiger partial charge is 0.356 e. The predicted molar refractivity (Wildman–Crippen MR) is 112 cm³/mol. The van der Waals surface area contributed by atoms with Crippen molar-refractivity contribution in [3.8, 4) is 0 Å². The second-order valence-corrected chi connectivity index (χ2v) is 7.90. The molecule has 0 radical (unpaired) electrons. The fraction of sp³-hybridized carbons (Fsp3) is 0.476. The van der Waals surface area contributed by atoms with Crippen LogP contribution in [0.15, 0.2) is 36.7 Å². The molecule has 1 amide bonds. The molecule has 2 fully saturated rings. The summed E-state index contributed by atoms with van der Waals surface area (Å²) in [5.41, 5.74) is 0.564. The number of aromatic nitrogens is 2. The summed E-state index contributed by atoms with van der Waals surface area (Å²) >= 11 is 0. The Morgan fingerprint density at radius 2 is 1.52 bits per heavy atom. The first kappa shape index (κ1) is 21.4. The smallest absolute Gasteiger partial charge is 0.251 e. The van der Waals surface area contributed by atoms with Gasteiger partial charge in [-0.05, 0) is 24.3 Å². The van der Waals surface area contributed by atoms with Gasteiger partial charge < -0.3 is 15.1 Å². The van der Waals surface area contributed by atoms with E-state index in [2.05, 4.69) is 20.2 Å². The number of piperazine rings is 1. The van der Waals surface area contributed by atoms with Crippen molar-refractivity contribution in [1.82, 2.24) is 14.9 Å². The van der Waals surface area contributed by atoms with Gasteiger partial charge in [0.2, 0.25) is 5.91 Å². The van der Waals surface area contributed by atoms with E-state index in [-0.39, 0.29) is 44.2 Å². The number of carbonyl (C=O) groups is 1. The summed E-state index contributed by atoms with van der Waals surface area (Å²) in [6, 6.07) is 7.52. The monoisotopic (exact) mass is 434 g/mol. The van der Waals surface area contributed by atoms with Crippen LogP contribution in [0, 0.1) is 5.82 Å². The lowest BCUT2D eigenvalue weighted by Gasteiger charge is -2.36. The van der Waals surface area contributed by atoms with Crippen LogP contribution in [0.25, 0.3) is 0 Å². The highest BCUT2D eigenvalue weighted by Crippen LogP contribution is 2.30. The third-order valence-corrected chi connectivity index (χ3v) is 5.65. The predicted octanol–water partition coefficient (Wildman–Crippen LogP) is 2.61. The first-order valence-corrected chi connectivity index (χ1v) is 10.4. The number of hydrogen-bond donors (Lipinski definition) is 1. The van der Waals surface area contributed by atoms with Gasteiger partial charge in [-0.1, -0.05) is 0 Å². The van der Waals surface area contributed by atoms with Crippen molar-refractivity contribution in [3.05, 3.63) is 42.5 Å². The number of alkyl halides is 2. The van der Waals surface area contributed by atoms with E-state index in [1.54, 1.807) is 0 Å². The first-order chi connectivity index (χ1) is 14.9. The van der Waals surface area contributed by atoms with Crippen molar-refractivity contribution >= 4 is 23.2 Å². The second-order valence-electron chi connectivity index (χ2n) is 7.90. The van der Waals surface area contributed by atoms with Crippen molar-refractivity contribution in [2.45, 2.75) is 18.8 Å². The van der Waals surface area contributed by atoms with E-state index in [1.807, 2.05) is 15.9 Å². The number of hydrogen-bond acceptors (Lipinski definition) is 6. The molecule has 0 aliphatic carbocycles. The topological polar surface area (TPSA) is 64.6 Å². The summed E-state index contributed by atoms with van der Waals surface area (Å²) < 4.78 is 39.8. The Balaban J connectivity index is 1.28. The highest BCUT2D eigenvalue weighted by molar-refractivity contribution is 5.92. The lowest BCUT2D eigenvalue weighted by Crippen LogP contribution is -2.49. The van der Waals surface area contributed by atoms with E-state index >= 15 is 0 Å². The van der Waals surface area contributed by atoms with Crippen molar-refractivity contribution in [2.75, 3.05) is 60.9 Å². The minimum Gasteiger partial charge on any atom is -0.356 e. The number of halogens is 3. The molecule has 166 valence electrons. The third-order valence-electron chi connectivity index (χ3n) is 5.65. The van der Waals surface area contributed by atoms with Gasteiger partial charge in [-0.25, -0.2) is 23.1 Å². The van der Waals surface area contributed by atoms with E-state index in [9.17, 15) is 18.0 Å². The fourth-order valence-corrected chi connectivity index (χ4v) is 3.82. The lowest BCUT2D eigenvalue weighted by atomic mass is 10.1. The summed E-state index contributed by atoms with van der Waals surface area (Å²) in [6.45, 7) is 3.57. The molecule has 2 aliphatic rings. The maximum atomic E-state index is 13.4. The Morgan fingerprint density at radius 1 is 0.935 bits per heavy atom. The molecule has 1 aromatic carbocycles. The highest BCUT2D eigenvalue weighted by atomic mass is 19.3. The normalized spacial score (nSPS) is 19.3. The minimum absolute atomic E-state index is 0.147. The molecule has 10 heteroatoms. The maximum Gasteiger partial charge on any atom is 0.251 e. The molecule has 0 unspecified atom stereocenters. The number of nitrogens with zero attached hydrogens (tertiary/aromatic N) is 5. The Kier molecular flexibility index (Phi) is 6.26. The molecule has 1 aromatic heterocycles. The summed E-state index contributed by atoms with van der Waals surface area (Å²) in [4.78, 5) is 26.9. The van der Waals surface area contributed by atoms with Gasteiger partial charge in [-0.2, -0.15) is 0 Å². The number of nitrogens with one attached hydrogen (secondary N) is 1. The summed E-state index contributed by atoms with van der Waals surface area (Å²) in [7, 11) is 0. The number of piperidine rings is 1. The van der Waals surface area contributed by atoms with E-state index in [1.165, 1.54) is 30.6 Å². The summed E-state index contributed by atoms with van der Waals surface area (Å²) in [6.07, 6.45) is 1.15. The van der Waals surface area contributed by atoms with Crippen LogP contribution in [0.3, 0.4) is 0 Å². The van der Waals surface area contributed by atoms with Crippen molar-refractivity contribution in [1.29, 1.82) is 0 Å². The Labute approximate surface area is 178 Å². The molecule has 2 aromatic rings. The fourth-order valence-electron chi connectivity index (χ4n) is 3.82. The van der Waals surface area contributed by atoms with Crippen LogP contribution in [-0.4, -0.2) is 72.5 Å². The van der Waals surface area contributed by atoms with Crippen molar-refractivity contribution in [3.63, 3.8) is 0 Å². The van der Waals surface area contributed by atoms with Crippen LogP contribution in [0.1, 0.15) is 12.8 Å². The molecule has 0 bridgehead atoms. The average molecular weight is 434 g/mol. The molecule has 2 aliphatic heterocycles. The second kappa shape index (κ2) is 9.09. The molecule has 0 saturated carbocycles. The number of benzene rings is 1. The molecule has 0 spiro atoms. The van der Waals surface area contributed by atoms with E-state index in [0.717, 1.165) is 5.82 Å². The minimum atomic E-state index is -2.59. The van der Waals surface area contributed by atoms with Crippen molar-refractivity contribution in [2.24, 2.45) is 0 Å². The van der Waals surface area contributed by atoms with Gasteiger partial charge in [0.1, 0.15) is 23.8 Å². The van der Waals surface area contributed by atoms with Crippen LogP contribution in [0.5, 0.6) is 0 Å². The number of rotatable bonds is 5. The zero-order valence-electron chi connectivity index (χ0n) is 17.1. The first-order valence-electron chi connectivity index (χ1n) is 10.4. The van der Waals surface area contributed by atoms with Gasteiger partial charge in [0.25, 0.3) is 5.92 Å². The standard InChI is InChI=1S/C21H25F3N6O/c22-16-1-3-17(4-2-16)27-20(31)14-28-9-11-30(12-10-28)19-13-18(25-15-26-19)29-7-5-21(23,24)6-8-29/h1-4,13,15H,5-12,14H2,(H,27,31). The van der Waals surface area contributed by atoms with Crippen LogP contribution in [-0.2, 0) is 4.79 Å². The molecule has 0 atom stereocenters. The molecule has 4 rings (SSSR count). The molecular formula is C21H25F3N6O. The van der Waals surface area contributed by atoms with Crippen LogP contribution in [0.2, 0.25) is 0 Å². The van der Waals surface area contributed by atoms with Gasteiger partial charge in [0.15, 0.2) is 0 Å². The van der Waals surface area contributed by atoms with Gasteiger partial charge in [0.05, 0.1) is 6.54 Å². The molecular weight excluding hydrogens is 409 g/mol. The highest BCUT2D eigenvalue weighted by Gasteiger charge is 2.34. The number of anilines is 3. The number of carbonyl (C=O) groups excluding carboxylic acids is 1. The Hall–Kier alpha value is -2.88. The summed E-state index contributed by atoms with van der Waals surface area (Å²) in [5.74, 6) is -1.66. The quantitative estimate of drug-likeness (QED) is 0.781. The van der Waals surface area contributed by atoms with Gasteiger partial charge in [-0.3, -0.25) is 9.69 Å². The van der Waals surface area contributed by atoms with Crippen LogP contribution >= 0.6 is 0 Å². The zero-order valence-corrected chi connectivity index (χ0v) is 17.1. The van der Waals surface area contributed by atoms with Crippen LogP contribution < -0.4 is 15.1 Å². The lowest BCUT2D eigenvalue weighted by molar-refractivity contribution is -0.117.